The van der Waals surface area contributed by atoms with Crippen LogP contribution in [0.4, 0.5) is 4.79 Å². The molecule has 0 saturated carbocycles. The van der Waals surface area contributed by atoms with Gasteiger partial charge in [0.1, 0.15) is 0 Å². The SMILES string of the molecule is CN(Cc1ccccc1)C(=O)N1CCC[C@H](C#CC(=O)O)C1. The number of benzene rings is 1. The standard InChI is InChI=1S/C17H20N2O3/c1-18(12-14-6-3-2-4-7-14)17(22)19-11-5-8-15(13-19)9-10-16(20)21/h2-4,6-7,15H,5,8,11-13H2,1H3,(H,20,21)/t15-/m1/s1. The highest BCUT2D eigenvalue weighted by Crippen LogP contribution is 2.17. The van der Waals surface area contributed by atoms with Crippen LogP contribution in [-0.4, -0.2) is 47.0 Å². The van der Waals surface area contributed by atoms with Gasteiger partial charge in [-0.15, -0.1) is 0 Å². The van der Waals surface area contributed by atoms with E-state index >= 15 is 0 Å². The highest BCUT2D eigenvalue weighted by Gasteiger charge is 2.24. The van der Waals surface area contributed by atoms with Gasteiger partial charge in [-0.05, 0) is 18.4 Å². The quantitative estimate of drug-likeness (QED) is 0.850. The van der Waals surface area contributed by atoms with Crippen molar-refractivity contribution in [2.24, 2.45) is 5.92 Å². The first-order chi connectivity index (χ1) is 10.6. The molecule has 2 amide bonds. The molecule has 0 bridgehead atoms. The van der Waals surface area contributed by atoms with Gasteiger partial charge in [-0.25, -0.2) is 9.59 Å². The molecule has 5 heteroatoms. The Morgan fingerprint density at radius 1 is 1.36 bits per heavy atom. The van der Waals surface area contributed by atoms with E-state index in [1.54, 1.807) is 16.8 Å². The number of nitrogens with zero attached hydrogens (tertiary/aromatic N) is 2. The highest BCUT2D eigenvalue weighted by molar-refractivity contribution is 5.86. The van der Waals surface area contributed by atoms with Crippen LogP contribution in [0.3, 0.4) is 0 Å². The number of likely N-dealkylation sites (tertiary alicyclic amines) is 1. The van der Waals surface area contributed by atoms with Crippen molar-refractivity contribution in [3.63, 3.8) is 0 Å². The van der Waals surface area contributed by atoms with E-state index in [2.05, 4.69) is 11.8 Å². The lowest BCUT2D eigenvalue weighted by Crippen LogP contribution is -2.45. The van der Waals surface area contributed by atoms with Crippen LogP contribution >= 0.6 is 0 Å². The van der Waals surface area contributed by atoms with Crippen LogP contribution in [0, 0.1) is 17.8 Å². The number of carboxylic acids is 1. The van der Waals surface area contributed by atoms with E-state index in [1.807, 2.05) is 30.3 Å². The zero-order chi connectivity index (χ0) is 15.9. The van der Waals surface area contributed by atoms with Crippen molar-refractivity contribution in [1.82, 2.24) is 9.80 Å². The molecule has 1 fully saturated rings. The maximum absolute atomic E-state index is 12.5. The number of amides is 2. The van der Waals surface area contributed by atoms with E-state index in [0.29, 0.717) is 19.6 Å². The van der Waals surface area contributed by atoms with Gasteiger partial charge >= 0.3 is 12.0 Å². The van der Waals surface area contributed by atoms with Crippen LogP contribution in [0.2, 0.25) is 0 Å². The van der Waals surface area contributed by atoms with Crippen LogP contribution in [0.25, 0.3) is 0 Å². The van der Waals surface area contributed by atoms with E-state index in [1.165, 1.54) is 0 Å². The van der Waals surface area contributed by atoms with Crippen molar-refractivity contribution in [3.8, 4) is 11.8 Å². The summed E-state index contributed by atoms with van der Waals surface area (Å²) in [7, 11) is 1.78. The van der Waals surface area contributed by atoms with Crippen molar-refractivity contribution in [3.05, 3.63) is 35.9 Å². The molecule has 1 saturated heterocycles. The summed E-state index contributed by atoms with van der Waals surface area (Å²) in [6.45, 7) is 1.75. The van der Waals surface area contributed by atoms with Crippen molar-refractivity contribution in [2.45, 2.75) is 19.4 Å². The van der Waals surface area contributed by atoms with Crippen molar-refractivity contribution >= 4 is 12.0 Å². The van der Waals surface area contributed by atoms with Gasteiger partial charge in [-0.2, -0.15) is 0 Å². The number of aliphatic carboxylic acids is 1. The smallest absolute Gasteiger partial charge is 0.381 e. The first-order valence-corrected chi connectivity index (χ1v) is 7.34. The van der Waals surface area contributed by atoms with Crippen molar-refractivity contribution in [1.29, 1.82) is 0 Å². The lowest BCUT2D eigenvalue weighted by atomic mass is 9.99. The zero-order valence-corrected chi connectivity index (χ0v) is 12.7. The van der Waals surface area contributed by atoms with Gasteiger partial charge in [0.25, 0.3) is 0 Å². The maximum atomic E-state index is 12.5. The number of hydrogen-bond donors (Lipinski definition) is 1. The summed E-state index contributed by atoms with van der Waals surface area (Å²) in [5.74, 6) is 3.71. The molecule has 1 aliphatic heterocycles. The summed E-state index contributed by atoms with van der Waals surface area (Å²) < 4.78 is 0. The van der Waals surface area contributed by atoms with Crippen LogP contribution in [-0.2, 0) is 11.3 Å². The van der Waals surface area contributed by atoms with E-state index < -0.39 is 5.97 Å². The van der Waals surface area contributed by atoms with Gasteiger partial charge in [-0.1, -0.05) is 36.3 Å². The largest absolute Gasteiger partial charge is 0.472 e. The van der Waals surface area contributed by atoms with E-state index in [-0.39, 0.29) is 11.9 Å². The number of hydrogen-bond acceptors (Lipinski definition) is 2. The fourth-order valence-electron chi connectivity index (χ4n) is 2.60. The van der Waals surface area contributed by atoms with Crippen molar-refractivity contribution in [2.75, 3.05) is 20.1 Å². The molecule has 1 N–H and O–H groups in total. The molecule has 116 valence electrons. The minimum atomic E-state index is -1.12. The Labute approximate surface area is 130 Å². The third-order valence-corrected chi connectivity index (χ3v) is 3.66. The highest BCUT2D eigenvalue weighted by atomic mass is 16.4. The van der Waals surface area contributed by atoms with E-state index in [9.17, 15) is 9.59 Å². The molecule has 0 aromatic heterocycles. The second kappa shape index (κ2) is 7.51. The molecular weight excluding hydrogens is 280 g/mol. The average molecular weight is 300 g/mol. The molecule has 0 radical (unpaired) electrons. The van der Waals surface area contributed by atoms with Crippen LogP contribution in [0.5, 0.6) is 0 Å². The molecular formula is C17H20N2O3. The molecule has 1 aromatic carbocycles. The van der Waals surface area contributed by atoms with Gasteiger partial charge in [-0.3, -0.25) is 0 Å². The van der Waals surface area contributed by atoms with E-state index in [0.717, 1.165) is 18.4 Å². The summed E-state index contributed by atoms with van der Waals surface area (Å²) in [5, 5.41) is 8.61. The molecule has 0 aliphatic carbocycles. The molecule has 1 aromatic rings. The second-order valence-corrected chi connectivity index (χ2v) is 5.48. The summed E-state index contributed by atoms with van der Waals surface area (Å²) >= 11 is 0. The number of carbonyl (C=O) groups is 2. The number of urea groups is 1. The van der Waals surface area contributed by atoms with Gasteiger partial charge in [0.15, 0.2) is 0 Å². The van der Waals surface area contributed by atoms with Gasteiger partial charge in [0.05, 0.1) is 0 Å². The molecule has 0 spiro atoms. The molecule has 22 heavy (non-hydrogen) atoms. The topological polar surface area (TPSA) is 60.9 Å². The maximum Gasteiger partial charge on any atom is 0.381 e. The fourth-order valence-corrected chi connectivity index (χ4v) is 2.60. The van der Waals surface area contributed by atoms with Gasteiger partial charge < -0.3 is 14.9 Å². The Morgan fingerprint density at radius 2 is 2.09 bits per heavy atom. The Kier molecular flexibility index (Phi) is 5.42. The molecule has 1 aliphatic rings. The molecule has 1 heterocycles. The van der Waals surface area contributed by atoms with E-state index in [4.69, 9.17) is 5.11 Å². The Morgan fingerprint density at radius 3 is 2.77 bits per heavy atom. The Balaban J connectivity index is 1.94. The average Bonchev–Trinajstić information content (AvgIpc) is 2.53. The first kappa shape index (κ1) is 15.9. The predicted octanol–water partition coefficient (Wildman–Crippen LogP) is 2.04. The van der Waals surface area contributed by atoms with Crippen LogP contribution in [0.1, 0.15) is 18.4 Å². The molecule has 5 nitrogen and oxygen atoms in total. The first-order valence-electron chi connectivity index (χ1n) is 7.34. The second-order valence-electron chi connectivity index (χ2n) is 5.48. The van der Waals surface area contributed by atoms with Gasteiger partial charge in [0, 0.05) is 38.5 Å². The lowest BCUT2D eigenvalue weighted by molar-refractivity contribution is -0.130. The third-order valence-electron chi connectivity index (χ3n) is 3.66. The number of carbonyl (C=O) groups excluding carboxylic acids is 1. The van der Waals surface area contributed by atoms with Gasteiger partial charge in [0.2, 0.25) is 0 Å². The summed E-state index contributed by atoms with van der Waals surface area (Å²) in [4.78, 5) is 26.4. The molecule has 2 rings (SSSR count). The molecule has 0 unspecified atom stereocenters. The Hall–Kier alpha value is -2.48. The minimum Gasteiger partial charge on any atom is -0.472 e. The minimum absolute atomic E-state index is 0.0364. The monoisotopic (exact) mass is 300 g/mol. The third kappa shape index (κ3) is 4.52. The zero-order valence-electron chi connectivity index (χ0n) is 12.7. The number of carboxylic acid groups (broad SMARTS) is 1. The Bertz CT molecular complexity index is 589. The van der Waals surface area contributed by atoms with Crippen LogP contribution < -0.4 is 0 Å². The van der Waals surface area contributed by atoms with Crippen LogP contribution in [0.15, 0.2) is 30.3 Å². The number of piperidine rings is 1. The number of rotatable bonds is 2. The van der Waals surface area contributed by atoms with Crippen molar-refractivity contribution < 1.29 is 14.7 Å². The summed E-state index contributed by atoms with van der Waals surface area (Å²) in [6, 6.07) is 9.79. The molecule has 1 atom stereocenters. The summed E-state index contributed by atoms with van der Waals surface area (Å²) in [5.41, 5.74) is 1.08. The fraction of sp³-hybridized carbons (Fsp3) is 0.412. The predicted molar refractivity (Wildman–Crippen MR) is 83.0 cm³/mol. The normalized spacial score (nSPS) is 17.3. The summed E-state index contributed by atoms with van der Waals surface area (Å²) in [6.07, 6.45) is 1.69. The lowest BCUT2D eigenvalue weighted by Gasteiger charge is -2.33.